The van der Waals surface area contributed by atoms with Crippen LogP contribution in [0.25, 0.3) is 6.08 Å². The Balaban J connectivity index is 1.72. The molecule has 1 aliphatic heterocycles. The van der Waals surface area contributed by atoms with Gasteiger partial charge in [-0.15, -0.1) is 0 Å². The topological polar surface area (TPSA) is 53.2 Å². The first-order valence-corrected chi connectivity index (χ1v) is 10.7. The van der Waals surface area contributed by atoms with Gasteiger partial charge in [-0.2, -0.15) is 0 Å². The number of aryl methyl sites for hydroxylation is 1. The number of nitrogens with one attached hydrogen (secondary N) is 2. The van der Waals surface area contributed by atoms with Gasteiger partial charge in [-0.25, -0.2) is 4.99 Å². The third-order valence-electron chi connectivity index (χ3n) is 5.90. The van der Waals surface area contributed by atoms with Gasteiger partial charge in [-0.1, -0.05) is 32.6 Å². The Morgan fingerprint density at radius 1 is 1.25 bits per heavy atom. The summed E-state index contributed by atoms with van der Waals surface area (Å²) in [5, 5.41) is 0. The molecule has 2 aromatic rings. The lowest BCUT2D eigenvalue weighted by atomic mass is 9.88. The van der Waals surface area contributed by atoms with Crippen molar-refractivity contribution < 1.29 is 4.74 Å². The number of aliphatic imine (C=N–C) groups is 1. The van der Waals surface area contributed by atoms with Crippen LogP contribution < -0.4 is 0 Å². The molecule has 1 aliphatic carbocycles. The molecule has 148 valence electrons. The first kappa shape index (κ1) is 18.9. The summed E-state index contributed by atoms with van der Waals surface area (Å²) in [6.45, 7) is 2.29. The maximum absolute atomic E-state index is 5.63. The summed E-state index contributed by atoms with van der Waals surface area (Å²) in [6.07, 6.45) is 16.3. The zero-order chi connectivity index (χ0) is 19.3. The highest BCUT2D eigenvalue weighted by atomic mass is 16.5. The molecule has 0 radical (unpaired) electrons. The molecule has 28 heavy (non-hydrogen) atoms. The normalized spacial score (nSPS) is 21.5. The number of nitrogens with zero attached hydrogens (tertiary/aromatic N) is 1. The molecule has 4 rings (SSSR count). The fourth-order valence-corrected chi connectivity index (χ4v) is 4.45. The summed E-state index contributed by atoms with van der Waals surface area (Å²) in [4.78, 5) is 11.8. The van der Waals surface area contributed by atoms with E-state index in [1.54, 1.807) is 7.11 Å². The van der Waals surface area contributed by atoms with Crippen molar-refractivity contribution >= 4 is 11.8 Å². The van der Waals surface area contributed by atoms with Gasteiger partial charge < -0.3 is 14.7 Å². The summed E-state index contributed by atoms with van der Waals surface area (Å²) in [5.41, 5.74) is 6.87. The Morgan fingerprint density at radius 2 is 2.14 bits per heavy atom. The van der Waals surface area contributed by atoms with E-state index in [0.29, 0.717) is 5.92 Å². The molecule has 0 saturated heterocycles. The molecular formula is C24H31N3O. The number of aromatic nitrogens is 2. The van der Waals surface area contributed by atoms with Crippen LogP contribution in [-0.4, -0.2) is 22.8 Å². The fraction of sp³-hybridized carbons (Fsp3) is 0.458. The molecule has 2 bridgehead atoms. The van der Waals surface area contributed by atoms with Gasteiger partial charge >= 0.3 is 0 Å². The van der Waals surface area contributed by atoms with Crippen molar-refractivity contribution in [2.75, 3.05) is 7.11 Å². The second-order valence-electron chi connectivity index (χ2n) is 7.93. The van der Waals surface area contributed by atoms with Gasteiger partial charge in [0.05, 0.1) is 18.5 Å². The van der Waals surface area contributed by atoms with Crippen LogP contribution >= 0.6 is 0 Å². The molecule has 3 heterocycles. The molecule has 4 heteroatoms. The third-order valence-corrected chi connectivity index (χ3v) is 5.90. The second-order valence-corrected chi connectivity index (χ2v) is 7.93. The number of ether oxygens (including phenoxy) is 1. The Hall–Kier alpha value is -2.49. The molecule has 0 spiro atoms. The number of fused-ring (bicyclic) bond motifs is 2. The Bertz CT molecular complexity index is 883. The SMILES string of the molecule is CCC[C@H]1CCCCCCc2cc1c(C=C1N=C(c3ccc[nH]3)C=C1OC)[nH]2. The minimum Gasteiger partial charge on any atom is -0.494 e. The number of methoxy groups -OCH3 is 1. The van der Waals surface area contributed by atoms with E-state index in [1.165, 1.54) is 61.9 Å². The number of H-pyrrole nitrogens is 2. The number of aromatic amines is 2. The van der Waals surface area contributed by atoms with Crippen LogP contribution in [0.15, 0.2) is 46.9 Å². The largest absolute Gasteiger partial charge is 0.494 e. The Kier molecular flexibility index (Phi) is 5.84. The molecule has 2 aromatic heterocycles. The van der Waals surface area contributed by atoms with Crippen molar-refractivity contribution in [1.82, 2.24) is 9.97 Å². The zero-order valence-corrected chi connectivity index (χ0v) is 17.1. The van der Waals surface area contributed by atoms with Crippen molar-refractivity contribution in [1.29, 1.82) is 0 Å². The van der Waals surface area contributed by atoms with E-state index in [9.17, 15) is 0 Å². The molecule has 0 unspecified atom stereocenters. The monoisotopic (exact) mass is 377 g/mol. The van der Waals surface area contributed by atoms with Crippen molar-refractivity contribution in [2.45, 2.75) is 64.2 Å². The summed E-state index contributed by atoms with van der Waals surface area (Å²) in [5.74, 6) is 1.45. The molecule has 0 fully saturated rings. The van der Waals surface area contributed by atoms with Gasteiger partial charge in [0, 0.05) is 23.7 Å². The molecule has 2 N–H and O–H groups in total. The lowest BCUT2D eigenvalue weighted by Crippen LogP contribution is -2.01. The van der Waals surface area contributed by atoms with Crippen LogP contribution in [0.2, 0.25) is 0 Å². The predicted octanol–water partition coefficient (Wildman–Crippen LogP) is 6.11. The van der Waals surface area contributed by atoms with E-state index in [4.69, 9.17) is 9.73 Å². The summed E-state index contributed by atoms with van der Waals surface area (Å²) in [6, 6.07) is 6.45. The van der Waals surface area contributed by atoms with Crippen molar-refractivity contribution in [3.05, 3.63) is 64.6 Å². The molecule has 4 nitrogen and oxygen atoms in total. The third kappa shape index (κ3) is 4.01. The smallest absolute Gasteiger partial charge is 0.146 e. The molecule has 0 amide bonds. The Labute approximate surface area is 167 Å². The van der Waals surface area contributed by atoms with Crippen molar-refractivity contribution in [3.8, 4) is 0 Å². The van der Waals surface area contributed by atoms with E-state index in [1.807, 2.05) is 24.4 Å². The zero-order valence-electron chi connectivity index (χ0n) is 17.1. The van der Waals surface area contributed by atoms with Gasteiger partial charge in [0.1, 0.15) is 11.5 Å². The number of rotatable bonds is 5. The van der Waals surface area contributed by atoms with Crippen LogP contribution in [0.3, 0.4) is 0 Å². The highest BCUT2D eigenvalue weighted by Gasteiger charge is 2.21. The molecule has 0 aromatic carbocycles. The lowest BCUT2D eigenvalue weighted by Gasteiger charge is -2.17. The van der Waals surface area contributed by atoms with Gasteiger partial charge in [0.15, 0.2) is 0 Å². The highest BCUT2D eigenvalue weighted by Crippen LogP contribution is 2.34. The van der Waals surface area contributed by atoms with Crippen LogP contribution in [0, 0.1) is 0 Å². The minimum absolute atomic E-state index is 0.628. The fourth-order valence-electron chi connectivity index (χ4n) is 4.45. The minimum atomic E-state index is 0.628. The average Bonchev–Trinajstić information content (AvgIpc) is 3.43. The van der Waals surface area contributed by atoms with Crippen LogP contribution in [0.1, 0.15) is 80.4 Å². The van der Waals surface area contributed by atoms with E-state index in [-0.39, 0.29) is 0 Å². The predicted molar refractivity (Wildman–Crippen MR) is 116 cm³/mol. The average molecular weight is 378 g/mol. The maximum atomic E-state index is 5.63. The standard InChI is InChI=1S/C24H31N3O/c1-3-9-17-10-6-4-5-7-11-18-14-19(17)21(26-18)15-23-24(28-2)16-22(27-23)20-12-8-13-25-20/h8,12-17,25-26H,3-7,9-11H2,1-2H3/t17-/m0/s1. The van der Waals surface area contributed by atoms with Gasteiger partial charge in [0.25, 0.3) is 0 Å². The van der Waals surface area contributed by atoms with Gasteiger partial charge in [-0.05, 0) is 61.4 Å². The quantitative estimate of drug-likeness (QED) is 0.649. The number of allylic oxidation sites excluding steroid dienone is 1. The summed E-state index contributed by atoms with van der Waals surface area (Å²) < 4.78 is 5.63. The van der Waals surface area contributed by atoms with E-state index in [0.717, 1.165) is 29.3 Å². The van der Waals surface area contributed by atoms with Crippen LogP contribution in [0.5, 0.6) is 0 Å². The maximum Gasteiger partial charge on any atom is 0.146 e. The van der Waals surface area contributed by atoms with E-state index < -0.39 is 0 Å². The van der Waals surface area contributed by atoms with E-state index in [2.05, 4.69) is 29.0 Å². The molecule has 0 saturated carbocycles. The molecule has 2 aliphatic rings. The summed E-state index contributed by atoms with van der Waals surface area (Å²) in [7, 11) is 1.72. The summed E-state index contributed by atoms with van der Waals surface area (Å²) >= 11 is 0. The first-order chi connectivity index (χ1) is 13.8. The van der Waals surface area contributed by atoms with Gasteiger partial charge in [-0.3, -0.25) is 0 Å². The van der Waals surface area contributed by atoms with Gasteiger partial charge in [0.2, 0.25) is 0 Å². The van der Waals surface area contributed by atoms with Crippen LogP contribution in [0.4, 0.5) is 0 Å². The van der Waals surface area contributed by atoms with Crippen molar-refractivity contribution in [2.24, 2.45) is 4.99 Å². The van der Waals surface area contributed by atoms with Crippen molar-refractivity contribution in [3.63, 3.8) is 0 Å². The number of hydrogen-bond acceptors (Lipinski definition) is 2. The van der Waals surface area contributed by atoms with Crippen LogP contribution in [-0.2, 0) is 11.2 Å². The lowest BCUT2D eigenvalue weighted by molar-refractivity contribution is 0.303. The molecular weight excluding hydrogens is 346 g/mol. The molecule has 1 atom stereocenters. The Morgan fingerprint density at radius 3 is 2.93 bits per heavy atom. The van der Waals surface area contributed by atoms with E-state index >= 15 is 0 Å². The number of hydrogen-bond donors (Lipinski definition) is 2. The second kappa shape index (κ2) is 8.68. The highest BCUT2D eigenvalue weighted by molar-refractivity contribution is 6.11. The first-order valence-electron chi connectivity index (χ1n) is 10.7.